The molecule has 1 heterocycles. The highest BCUT2D eigenvalue weighted by Gasteiger charge is 2.14. The van der Waals surface area contributed by atoms with Crippen LogP contribution in [-0.4, -0.2) is 31.2 Å². The van der Waals surface area contributed by atoms with E-state index in [0.717, 1.165) is 15.1 Å². The summed E-state index contributed by atoms with van der Waals surface area (Å²) in [6.07, 6.45) is 1.68. The number of aromatic nitrogens is 1. The zero-order valence-electron chi connectivity index (χ0n) is 15.2. The van der Waals surface area contributed by atoms with Crippen molar-refractivity contribution in [1.29, 1.82) is 0 Å². The molecule has 1 N–H and O–H groups in total. The Morgan fingerprint density at radius 2 is 1.82 bits per heavy atom. The molecule has 7 heteroatoms. The maximum atomic E-state index is 12.8. The van der Waals surface area contributed by atoms with Crippen LogP contribution in [0.25, 0.3) is 0 Å². The molecule has 5 nitrogen and oxygen atoms in total. The Labute approximate surface area is 176 Å². The molecule has 0 aliphatic heterocycles. The number of nitrogens with one attached hydrogen (secondary N) is 1. The molecule has 0 saturated heterocycles. The molecular weight excluding hydrogens is 440 g/mol. The molecule has 3 rings (SSSR count). The molecule has 1 aromatic heterocycles. The van der Waals surface area contributed by atoms with Crippen LogP contribution in [0.4, 0.5) is 5.69 Å². The third-order valence-corrected chi connectivity index (χ3v) is 5.27. The zero-order chi connectivity index (χ0) is 19.8. The fourth-order valence-electron chi connectivity index (χ4n) is 2.34. The van der Waals surface area contributed by atoms with Crippen molar-refractivity contribution in [3.05, 3.63) is 76.9 Å². The van der Waals surface area contributed by atoms with Crippen molar-refractivity contribution in [2.45, 2.75) is 9.92 Å². The Morgan fingerprint density at radius 1 is 1.07 bits per heavy atom. The van der Waals surface area contributed by atoms with Gasteiger partial charge >= 0.3 is 0 Å². The van der Waals surface area contributed by atoms with E-state index < -0.39 is 0 Å². The van der Waals surface area contributed by atoms with Gasteiger partial charge in [-0.3, -0.25) is 4.79 Å². The largest absolute Gasteiger partial charge is 0.491 e. The number of hydrogen-bond acceptors (Lipinski definition) is 5. The first-order chi connectivity index (χ1) is 13.7. The van der Waals surface area contributed by atoms with Crippen LogP contribution in [0.3, 0.4) is 0 Å². The number of nitrogens with zero attached hydrogens (tertiary/aromatic N) is 1. The Bertz CT molecular complexity index is 918. The fourth-order valence-corrected chi connectivity index (χ4v) is 3.48. The zero-order valence-corrected chi connectivity index (χ0v) is 17.6. The monoisotopic (exact) mass is 458 g/mol. The second kappa shape index (κ2) is 10.3. The molecule has 28 heavy (non-hydrogen) atoms. The van der Waals surface area contributed by atoms with E-state index in [2.05, 4.69) is 26.2 Å². The van der Waals surface area contributed by atoms with Gasteiger partial charge < -0.3 is 14.8 Å². The number of methoxy groups -OCH3 is 1. The number of hydrogen-bond donors (Lipinski definition) is 1. The Balaban J connectivity index is 1.68. The summed E-state index contributed by atoms with van der Waals surface area (Å²) in [5.41, 5.74) is 1.21. The van der Waals surface area contributed by atoms with Gasteiger partial charge in [-0.05, 0) is 60.7 Å². The summed E-state index contributed by atoms with van der Waals surface area (Å²) < 4.78 is 11.5. The summed E-state index contributed by atoms with van der Waals surface area (Å²) in [4.78, 5) is 18.1. The Hall–Kier alpha value is -2.35. The highest BCUT2D eigenvalue weighted by molar-refractivity contribution is 9.10. The molecule has 0 fully saturated rings. The van der Waals surface area contributed by atoms with E-state index in [-0.39, 0.29) is 5.91 Å². The number of anilines is 1. The lowest BCUT2D eigenvalue weighted by molar-refractivity contribution is 0.102. The predicted octanol–water partition coefficient (Wildman–Crippen LogP) is 5.27. The first-order valence-corrected chi connectivity index (χ1v) is 10.2. The van der Waals surface area contributed by atoms with Crippen molar-refractivity contribution >= 4 is 39.3 Å². The second-order valence-corrected chi connectivity index (χ2v) is 7.71. The first-order valence-electron chi connectivity index (χ1n) is 8.57. The van der Waals surface area contributed by atoms with Gasteiger partial charge in [-0.2, -0.15) is 0 Å². The van der Waals surface area contributed by atoms with Gasteiger partial charge in [0.15, 0.2) is 0 Å². The van der Waals surface area contributed by atoms with Gasteiger partial charge in [0.1, 0.15) is 17.4 Å². The van der Waals surface area contributed by atoms with Crippen LogP contribution in [-0.2, 0) is 4.74 Å². The van der Waals surface area contributed by atoms with Gasteiger partial charge in [0.25, 0.3) is 5.91 Å². The summed E-state index contributed by atoms with van der Waals surface area (Å²) in [6.45, 7) is 1.01. The van der Waals surface area contributed by atoms with Crippen LogP contribution in [0.1, 0.15) is 10.4 Å². The molecule has 1 amide bonds. The van der Waals surface area contributed by atoms with Crippen molar-refractivity contribution in [3.8, 4) is 5.75 Å². The molecule has 3 aromatic rings. The molecule has 0 radical (unpaired) electrons. The summed E-state index contributed by atoms with van der Waals surface area (Å²) in [5.74, 6) is 0.517. The number of carbonyl (C=O) groups is 1. The van der Waals surface area contributed by atoms with Gasteiger partial charge in [-0.1, -0.05) is 27.7 Å². The minimum atomic E-state index is -0.208. The van der Waals surface area contributed by atoms with E-state index in [9.17, 15) is 4.79 Å². The normalized spacial score (nSPS) is 10.5. The van der Waals surface area contributed by atoms with Crippen LogP contribution >= 0.6 is 27.7 Å². The second-order valence-electron chi connectivity index (χ2n) is 5.73. The Morgan fingerprint density at radius 3 is 2.54 bits per heavy atom. The van der Waals surface area contributed by atoms with Crippen molar-refractivity contribution in [1.82, 2.24) is 4.98 Å². The van der Waals surface area contributed by atoms with Crippen LogP contribution in [0.15, 0.2) is 81.3 Å². The first kappa shape index (κ1) is 20.4. The molecule has 0 aliphatic rings. The summed E-state index contributed by atoms with van der Waals surface area (Å²) in [7, 11) is 1.63. The quantitative estimate of drug-likeness (QED) is 0.465. The topological polar surface area (TPSA) is 60.5 Å². The third-order valence-electron chi connectivity index (χ3n) is 3.71. The summed E-state index contributed by atoms with van der Waals surface area (Å²) in [6, 6.07) is 18.6. The minimum Gasteiger partial charge on any atom is -0.491 e. The van der Waals surface area contributed by atoms with Gasteiger partial charge in [0, 0.05) is 28.4 Å². The average molecular weight is 459 g/mol. The Kier molecular flexibility index (Phi) is 7.47. The average Bonchev–Trinajstić information content (AvgIpc) is 2.71. The maximum absolute atomic E-state index is 12.8. The molecule has 2 aromatic carbocycles. The van der Waals surface area contributed by atoms with E-state index in [0.29, 0.717) is 29.5 Å². The summed E-state index contributed by atoms with van der Waals surface area (Å²) in [5, 5.41) is 3.56. The van der Waals surface area contributed by atoms with E-state index in [1.54, 1.807) is 37.6 Å². The van der Waals surface area contributed by atoms with Gasteiger partial charge in [-0.15, -0.1) is 0 Å². The number of amides is 1. The highest BCUT2D eigenvalue weighted by Crippen LogP contribution is 2.30. The number of pyridine rings is 1. The third kappa shape index (κ3) is 5.82. The molecule has 0 atom stereocenters. The predicted molar refractivity (Wildman–Crippen MR) is 114 cm³/mol. The van der Waals surface area contributed by atoms with Crippen LogP contribution in [0.5, 0.6) is 5.75 Å². The smallest absolute Gasteiger partial charge is 0.258 e. The SMILES string of the molecule is COCCOc1ccc(NC(=O)c2cccnc2Sc2ccc(Br)cc2)cc1. The fraction of sp³-hybridized carbons (Fsp3) is 0.143. The number of ether oxygens (including phenoxy) is 2. The molecule has 144 valence electrons. The number of halogens is 1. The molecule has 0 saturated carbocycles. The number of benzene rings is 2. The number of carbonyl (C=O) groups excluding carboxylic acids is 1. The van der Waals surface area contributed by atoms with Crippen molar-refractivity contribution in [3.63, 3.8) is 0 Å². The van der Waals surface area contributed by atoms with E-state index in [1.165, 1.54) is 11.8 Å². The highest BCUT2D eigenvalue weighted by atomic mass is 79.9. The van der Waals surface area contributed by atoms with Crippen LogP contribution in [0.2, 0.25) is 0 Å². The lowest BCUT2D eigenvalue weighted by Gasteiger charge is -2.10. The molecular formula is C21H19BrN2O3S. The van der Waals surface area contributed by atoms with Crippen molar-refractivity contribution in [2.24, 2.45) is 0 Å². The molecule has 0 unspecified atom stereocenters. The molecule has 0 aliphatic carbocycles. The number of rotatable bonds is 8. The van der Waals surface area contributed by atoms with Crippen molar-refractivity contribution < 1.29 is 14.3 Å². The summed E-state index contributed by atoms with van der Waals surface area (Å²) >= 11 is 4.87. The van der Waals surface area contributed by atoms with E-state index >= 15 is 0 Å². The lowest BCUT2D eigenvalue weighted by Crippen LogP contribution is -2.13. The van der Waals surface area contributed by atoms with Gasteiger partial charge in [0.05, 0.1) is 12.2 Å². The standard InChI is InChI=1S/C21H19BrN2O3S/c1-26-13-14-27-17-8-6-16(7-9-17)24-20(25)19-3-2-12-23-21(19)28-18-10-4-15(22)5-11-18/h2-12H,13-14H2,1H3,(H,24,25). The van der Waals surface area contributed by atoms with Gasteiger partial charge in [0.2, 0.25) is 0 Å². The van der Waals surface area contributed by atoms with Crippen LogP contribution in [0, 0.1) is 0 Å². The van der Waals surface area contributed by atoms with Crippen LogP contribution < -0.4 is 10.1 Å². The van der Waals surface area contributed by atoms with Gasteiger partial charge in [-0.25, -0.2) is 4.98 Å². The maximum Gasteiger partial charge on any atom is 0.258 e. The molecule has 0 bridgehead atoms. The minimum absolute atomic E-state index is 0.208. The van der Waals surface area contributed by atoms with E-state index in [4.69, 9.17) is 9.47 Å². The van der Waals surface area contributed by atoms with Crippen molar-refractivity contribution in [2.75, 3.05) is 25.6 Å². The lowest BCUT2D eigenvalue weighted by atomic mass is 10.2. The van der Waals surface area contributed by atoms with E-state index in [1.807, 2.05) is 36.4 Å². The molecule has 0 spiro atoms.